The van der Waals surface area contributed by atoms with Crippen LogP contribution in [0.5, 0.6) is 0 Å². The smallest absolute Gasteiger partial charge is 0.191 e. The lowest BCUT2D eigenvalue weighted by molar-refractivity contribution is 0.105. The van der Waals surface area contributed by atoms with Crippen molar-refractivity contribution in [2.75, 3.05) is 38.8 Å². The van der Waals surface area contributed by atoms with Gasteiger partial charge in [-0.3, -0.25) is 4.99 Å². The zero-order chi connectivity index (χ0) is 15.6. The first-order valence-electron chi connectivity index (χ1n) is 6.73. The highest BCUT2D eigenvalue weighted by molar-refractivity contribution is 7.90. The summed E-state index contributed by atoms with van der Waals surface area (Å²) in [6, 6.07) is 3.69. The third kappa shape index (κ3) is 9.09. The lowest BCUT2D eigenvalue weighted by atomic mass is 10.4. The highest BCUT2D eigenvalue weighted by Gasteiger charge is 2.03. The van der Waals surface area contributed by atoms with Crippen LogP contribution in [0.15, 0.2) is 27.8 Å². The van der Waals surface area contributed by atoms with E-state index in [-0.39, 0.29) is 5.75 Å². The maximum absolute atomic E-state index is 11.0. The summed E-state index contributed by atoms with van der Waals surface area (Å²) in [7, 11) is -1.31. The van der Waals surface area contributed by atoms with Crippen LogP contribution >= 0.6 is 0 Å². The number of guanidine groups is 1. The van der Waals surface area contributed by atoms with E-state index in [1.54, 1.807) is 13.3 Å². The van der Waals surface area contributed by atoms with Gasteiger partial charge in [0.2, 0.25) is 0 Å². The third-order valence-corrected chi connectivity index (χ3v) is 3.52. The molecule has 0 aliphatic rings. The van der Waals surface area contributed by atoms with Crippen molar-refractivity contribution in [3.05, 3.63) is 24.2 Å². The van der Waals surface area contributed by atoms with Crippen LogP contribution in [-0.4, -0.2) is 53.1 Å². The largest absolute Gasteiger partial charge is 0.467 e. The summed E-state index contributed by atoms with van der Waals surface area (Å²) in [5.74, 6) is 1.48. The fourth-order valence-electron chi connectivity index (χ4n) is 1.52. The standard InChI is InChI=1S/C13H23N3O4S/c1-14-13(16-7-10-21(2,17)18)15-6-4-8-19-11-12-5-3-9-20-12/h3,5,9H,4,6-8,10-11H2,1-2H3,(H2,14,15,16). The predicted octanol–water partition coefficient (Wildman–Crippen LogP) is 0.396. The molecule has 0 aliphatic heterocycles. The maximum atomic E-state index is 11.0. The topological polar surface area (TPSA) is 92.9 Å². The Morgan fingerprint density at radius 2 is 2.14 bits per heavy atom. The van der Waals surface area contributed by atoms with Crippen LogP contribution in [0.2, 0.25) is 0 Å². The van der Waals surface area contributed by atoms with Gasteiger partial charge in [-0.25, -0.2) is 8.42 Å². The fraction of sp³-hybridized carbons (Fsp3) is 0.615. The molecule has 0 saturated heterocycles. The summed E-state index contributed by atoms with van der Waals surface area (Å²) < 4.78 is 32.6. The number of aliphatic imine (C=N–C) groups is 1. The van der Waals surface area contributed by atoms with Gasteiger partial charge in [-0.2, -0.15) is 0 Å². The Hall–Kier alpha value is -1.54. The predicted molar refractivity (Wildman–Crippen MR) is 82.1 cm³/mol. The molecule has 7 nitrogen and oxygen atoms in total. The van der Waals surface area contributed by atoms with E-state index in [1.807, 2.05) is 12.1 Å². The lowest BCUT2D eigenvalue weighted by Crippen LogP contribution is -2.40. The first-order valence-corrected chi connectivity index (χ1v) is 8.79. The van der Waals surface area contributed by atoms with Gasteiger partial charge < -0.3 is 19.8 Å². The Kier molecular flexibility index (Phi) is 7.84. The van der Waals surface area contributed by atoms with Crippen molar-refractivity contribution < 1.29 is 17.6 Å². The minimum atomic E-state index is -2.96. The molecule has 0 aliphatic carbocycles. The molecule has 0 atom stereocenters. The van der Waals surface area contributed by atoms with Gasteiger partial charge in [0.05, 0.1) is 12.0 Å². The molecule has 0 spiro atoms. The Balaban J connectivity index is 2.04. The van der Waals surface area contributed by atoms with E-state index in [9.17, 15) is 8.42 Å². The molecule has 0 bridgehead atoms. The van der Waals surface area contributed by atoms with Crippen molar-refractivity contribution in [2.45, 2.75) is 13.0 Å². The highest BCUT2D eigenvalue weighted by Crippen LogP contribution is 2.01. The van der Waals surface area contributed by atoms with E-state index < -0.39 is 9.84 Å². The monoisotopic (exact) mass is 317 g/mol. The van der Waals surface area contributed by atoms with Gasteiger partial charge in [0.1, 0.15) is 22.2 Å². The fourth-order valence-corrected chi connectivity index (χ4v) is 2.00. The van der Waals surface area contributed by atoms with Gasteiger partial charge in [-0.15, -0.1) is 0 Å². The van der Waals surface area contributed by atoms with E-state index in [4.69, 9.17) is 9.15 Å². The van der Waals surface area contributed by atoms with Crippen molar-refractivity contribution >= 4 is 15.8 Å². The molecule has 1 rings (SSSR count). The highest BCUT2D eigenvalue weighted by atomic mass is 32.2. The average molecular weight is 317 g/mol. The molecule has 1 aromatic rings. The number of ether oxygens (including phenoxy) is 1. The average Bonchev–Trinajstić information content (AvgIpc) is 2.92. The summed E-state index contributed by atoms with van der Waals surface area (Å²) in [4.78, 5) is 4.01. The Bertz CT molecular complexity index is 512. The van der Waals surface area contributed by atoms with Crippen LogP contribution in [0.3, 0.4) is 0 Å². The second-order valence-electron chi connectivity index (χ2n) is 4.54. The molecule has 0 fully saturated rings. The van der Waals surface area contributed by atoms with E-state index in [0.717, 1.165) is 12.2 Å². The van der Waals surface area contributed by atoms with Crippen molar-refractivity contribution in [1.82, 2.24) is 10.6 Å². The van der Waals surface area contributed by atoms with E-state index in [1.165, 1.54) is 6.26 Å². The number of hydrogen-bond donors (Lipinski definition) is 2. The van der Waals surface area contributed by atoms with Crippen LogP contribution in [0, 0.1) is 0 Å². The third-order valence-electron chi connectivity index (χ3n) is 2.57. The summed E-state index contributed by atoms with van der Waals surface area (Å²) >= 11 is 0. The van der Waals surface area contributed by atoms with E-state index in [2.05, 4.69) is 15.6 Å². The quantitative estimate of drug-likeness (QED) is 0.389. The molecular formula is C13H23N3O4S. The molecule has 21 heavy (non-hydrogen) atoms. The van der Waals surface area contributed by atoms with Crippen molar-refractivity contribution in [1.29, 1.82) is 0 Å². The van der Waals surface area contributed by atoms with Crippen LogP contribution in [0.1, 0.15) is 12.2 Å². The minimum absolute atomic E-state index is 0.0833. The summed E-state index contributed by atoms with van der Waals surface area (Å²) in [6.07, 6.45) is 3.64. The molecule has 0 unspecified atom stereocenters. The second kappa shape index (κ2) is 9.41. The lowest BCUT2D eigenvalue weighted by Gasteiger charge is -2.11. The molecule has 1 heterocycles. The Morgan fingerprint density at radius 3 is 2.76 bits per heavy atom. The van der Waals surface area contributed by atoms with E-state index in [0.29, 0.717) is 32.3 Å². The molecule has 1 aromatic heterocycles. The molecule has 8 heteroatoms. The van der Waals surface area contributed by atoms with Gasteiger partial charge in [-0.05, 0) is 18.6 Å². The molecule has 120 valence electrons. The first-order chi connectivity index (χ1) is 10.0. The zero-order valence-electron chi connectivity index (χ0n) is 12.5. The van der Waals surface area contributed by atoms with Crippen LogP contribution in [-0.2, 0) is 21.2 Å². The van der Waals surface area contributed by atoms with Crippen molar-refractivity contribution in [2.24, 2.45) is 4.99 Å². The summed E-state index contributed by atoms with van der Waals surface area (Å²) in [6.45, 7) is 2.10. The van der Waals surface area contributed by atoms with Gasteiger partial charge in [-0.1, -0.05) is 0 Å². The Morgan fingerprint density at radius 1 is 1.38 bits per heavy atom. The number of furan rings is 1. The number of sulfone groups is 1. The van der Waals surface area contributed by atoms with Crippen LogP contribution in [0.25, 0.3) is 0 Å². The minimum Gasteiger partial charge on any atom is -0.467 e. The van der Waals surface area contributed by atoms with Gasteiger partial charge in [0.15, 0.2) is 5.96 Å². The van der Waals surface area contributed by atoms with Gasteiger partial charge in [0.25, 0.3) is 0 Å². The number of hydrogen-bond acceptors (Lipinski definition) is 5. The normalized spacial score (nSPS) is 12.4. The molecule has 0 radical (unpaired) electrons. The van der Waals surface area contributed by atoms with Crippen molar-refractivity contribution in [3.8, 4) is 0 Å². The first kappa shape index (κ1) is 17.5. The van der Waals surface area contributed by atoms with Gasteiger partial charge in [0, 0.05) is 33.0 Å². The summed E-state index contributed by atoms with van der Waals surface area (Å²) in [5.41, 5.74) is 0. The molecular weight excluding hydrogens is 294 g/mol. The molecule has 0 saturated carbocycles. The molecule has 0 aromatic carbocycles. The SMILES string of the molecule is CN=C(NCCCOCc1ccco1)NCCS(C)(=O)=O. The van der Waals surface area contributed by atoms with E-state index >= 15 is 0 Å². The van der Waals surface area contributed by atoms with Crippen LogP contribution in [0.4, 0.5) is 0 Å². The zero-order valence-corrected chi connectivity index (χ0v) is 13.3. The van der Waals surface area contributed by atoms with Gasteiger partial charge >= 0.3 is 0 Å². The molecule has 2 N–H and O–H groups in total. The number of rotatable bonds is 9. The summed E-state index contributed by atoms with van der Waals surface area (Å²) in [5, 5.41) is 6.03. The molecule has 0 amide bonds. The van der Waals surface area contributed by atoms with Crippen molar-refractivity contribution in [3.63, 3.8) is 0 Å². The number of nitrogens with one attached hydrogen (secondary N) is 2. The maximum Gasteiger partial charge on any atom is 0.191 e. The second-order valence-corrected chi connectivity index (χ2v) is 6.80. The Labute approximate surface area is 125 Å². The van der Waals surface area contributed by atoms with Crippen LogP contribution < -0.4 is 10.6 Å². The number of nitrogens with zero attached hydrogens (tertiary/aromatic N) is 1.